The maximum absolute atomic E-state index is 15.0. The molecule has 2 aliphatic heterocycles. The van der Waals surface area contributed by atoms with E-state index in [0.29, 0.717) is 22.8 Å². The lowest BCUT2D eigenvalue weighted by atomic mass is 9.97. The molecule has 7 aromatic rings. The molecule has 0 amide bonds. The van der Waals surface area contributed by atoms with Crippen molar-refractivity contribution in [1.82, 2.24) is 0 Å². The molecule has 3 heterocycles. The summed E-state index contributed by atoms with van der Waals surface area (Å²) in [5.74, 6) is -0.633. The first-order chi connectivity index (χ1) is 29.3. The van der Waals surface area contributed by atoms with Gasteiger partial charge < -0.3 is 53.3 Å². The number of ether oxygens (including phenoxy) is 6. The molecule has 1 saturated heterocycles. The fourth-order valence-corrected chi connectivity index (χ4v) is 7.36. The number of aliphatic hydroxyl groups excluding tert-OH is 4. The molecule has 0 unspecified atom stereocenters. The zero-order valence-electron chi connectivity index (χ0n) is 32.0. The molecular weight excluding hydrogens is 769 g/mol. The predicted molar refractivity (Wildman–Crippen MR) is 219 cm³/mol. The van der Waals surface area contributed by atoms with E-state index in [1.54, 1.807) is 30.3 Å². The Hall–Kier alpha value is -6.67. The quantitative estimate of drug-likeness (QED) is 0.107. The van der Waals surface area contributed by atoms with Crippen molar-refractivity contribution in [2.24, 2.45) is 0 Å². The minimum absolute atomic E-state index is 0.00533. The highest BCUT2D eigenvalue weighted by Gasteiger charge is 2.47. The smallest absolute Gasteiger partial charge is 0.305 e. The van der Waals surface area contributed by atoms with Gasteiger partial charge in [0, 0.05) is 28.8 Å². The summed E-state index contributed by atoms with van der Waals surface area (Å²) in [5, 5.41) is 42.2. The average Bonchev–Trinajstić information content (AvgIpc) is 3.70. The Morgan fingerprint density at radius 3 is 1.82 bits per heavy atom. The van der Waals surface area contributed by atoms with Crippen molar-refractivity contribution in [3.8, 4) is 40.1 Å². The Kier molecular flexibility index (Phi) is 10.7. The van der Waals surface area contributed by atoms with E-state index in [4.69, 9.17) is 32.8 Å². The number of hydrogen-bond donors (Lipinski definition) is 4. The van der Waals surface area contributed by atoms with Gasteiger partial charge in [-0.3, -0.25) is 4.79 Å². The van der Waals surface area contributed by atoms with Crippen molar-refractivity contribution in [2.75, 3.05) is 6.61 Å². The first kappa shape index (κ1) is 38.8. The van der Waals surface area contributed by atoms with Crippen molar-refractivity contribution in [3.63, 3.8) is 0 Å². The Balaban J connectivity index is 1.19. The fraction of sp³-hybridized carbons (Fsp3) is 0.188. The molecule has 1 aromatic heterocycles. The number of rotatable bonds is 12. The second kappa shape index (κ2) is 16.5. The van der Waals surface area contributed by atoms with E-state index < -0.39 is 54.3 Å². The van der Waals surface area contributed by atoms with E-state index >= 15 is 0 Å². The zero-order chi connectivity index (χ0) is 41.2. The van der Waals surface area contributed by atoms with Crippen LogP contribution in [-0.2, 0) is 23.7 Å². The van der Waals surface area contributed by atoms with Gasteiger partial charge in [0.2, 0.25) is 17.5 Å². The predicted octanol–water partition coefficient (Wildman–Crippen LogP) is 6.47. The second-order valence-corrected chi connectivity index (χ2v) is 14.5. The highest BCUT2D eigenvalue weighted by Crippen LogP contribution is 2.50. The molecule has 2 aliphatic rings. The summed E-state index contributed by atoms with van der Waals surface area (Å²) in [4.78, 5) is 15.0. The van der Waals surface area contributed by atoms with Crippen LogP contribution < -0.4 is 29.1 Å². The third-order valence-electron chi connectivity index (χ3n) is 10.5. The minimum atomic E-state index is -1.83. The van der Waals surface area contributed by atoms with Crippen LogP contribution in [0.15, 0.2) is 161 Å². The topological polar surface area (TPSA) is 167 Å². The van der Waals surface area contributed by atoms with Crippen LogP contribution >= 0.6 is 0 Å². The highest BCUT2D eigenvalue weighted by atomic mass is 16.7. The van der Waals surface area contributed by atoms with Crippen LogP contribution in [0.4, 0.5) is 0 Å². The summed E-state index contributed by atoms with van der Waals surface area (Å²) in [7, 11) is 0. The summed E-state index contributed by atoms with van der Waals surface area (Å²) in [6.45, 7) is -0.401. The van der Waals surface area contributed by atoms with E-state index in [1.807, 2.05) is 121 Å². The molecule has 0 spiro atoms. The van der Waals surface area contributed by atoms with Gasteiger partial charge in [-0.2, -0.15) is 0 Å². The maximum Gasteiger partial charge on any atom is 0.305 e. The van der Waals surface area contributed by atoms with Gasteiger partial charge in [0.15, 0.2) is 17.3 Å². The molecule has 5 atom stereocenters. The summed E-state index contributed by atoms with van der Waals surface area (Å²) in [5.41, 5.74) is 2.93. The molecule has 1 fully saturated rings. The first-order valence-corrected chi connectivity index (χ1v) is 19.4. The molecule has 0 radical (unpaired) electrons. The lowest BCUT2D eigenvalue weighted by molar-refractivity contribution is -0.277. The molecule has 9 rings (SSSR count). The molecule has 0 saturated carbocycles. The van der Waals surface area contributed by atoms with Crippen LogP contribution in [0.1, 0.15) is 22.3 Å². The molecular formula is C48H40O12. The van der Waals surface area contributed by atoms with E-state index in [0.717, 1.165) is 22.3 Å². The lowest BCUT2D eigenvalue weighted by Crippen LogP contribution is -2.60. The van der Waals surface area contributed by atoms with Crippen molar-refractivity contribution < 1.29 is 53.3 Å². The fourth-order valence-electron chi connectivity index (χ4n) is 7.36. The van der Waals surface area contributed by atoms with Gasteiger partial charge in [0.1, 0.15) is 60.1 Å². The number of hydrogen-bond acceptors (Lipinski definition) is 12. The monoisotopic (exact) mass is 808 g/mol. The Labute approximate surface area is 343 Å². The third-order valence-corrected chi connectivity index (χ3v) is 10.5. The molecule has 0 aliphatic carbocycles. The van der Waals surface area contributed by atoms with E-state index in [2.05, 4.69) is 0 Å². The first-order valence-electron chi connectivity index (χ1n) is 19.4. The number of aliphatic hydroxyl groups is 4. The summed E-state index contributed by atoms with van der Waals surface area (Å²) in [6.07, 6.45) is -8.30. The Morgan fingerprint density at radius 1 is 0.617 bits per heavy atom. The standard InChI is InChI=1S/C48H40O12/c49-26-39-41(50)43(52)44(53)47(57-39)58-46-42(51)40-37(55-28-30-15-7-2-8-16-30)24-34(54-27-29-13-5-1-6-14-29)25-38(40)56-45(46)31-21-22-35-36(23-31)60-48(59-35,32-17-9-3-10-18-32)33-19-11-4-12-20-33/h1-25,39,41,43-44,47,49-50,52-53H,26-28H2/t39-,41+,43+,44-,47+/m1/s1. The largest absolute Gasteiger partial charge is 0.489 e. The average molecular weight is 809 g/mol. The number of benzene rings is 6. The van der Waals surface area contributed by atoms with Crippen LogP contribution in [0.5, 0.6) is 28.7 Å². The van der Waals surface area contributed by atoms with Gasteiger partial charge in [0.05, 0.1) is 6.61 Å². The molecule has 12 heteroatoms. The van der Waals surface area contributed by atoms with E-state index in [-0.39, 0.29) is 35.7 Å². The summed E-state index contributed by atoms with van der Waals surface area (Å²) in [6, 6.07) is 46.2. The molecule has 6 aromatic carbocycles. The van der Waals surface area contributed by atoms with Crippen LogP contribution in [0, 0.1) is 0 Å². The SMILES string of the molecule is O=c1c(O[C@@H]2O[C@H](CO)[C@H](O)[C@H](O)[C@H]2O)c(-c2ccc3c(c2)OC(c2ccccc2)(c2ccccc2)O3)oc2cc(OCc3ccccc3)cc(OCc3ccccc3)c12. The van der Waals surface area contributed by atoms with Gasteiger partial charge in [-0.15, -0.1) is 0 Å². The minimum Gasteiger partial charge on any atom is -0.489 e. The van der Waals surface area contributed by atoms with Gasteiger partial charge >= 0.3 is 5.79 Å². The molecule has 12 nitrogen and oxygen atoms in total. The maximum atomic E-state index is 15.0. The van der Waals surface area contributed by atoms with Gasteiger partial charge in [-0.25, -0.2) is 0 Å². The molecule has 60 heavy (non-hydrogen) atoms. The van der Waals surface area contributed by atoms with E-state index in [1.165, 1.54) is 0 Å². The lowest BCUT2D eigenvalue weighted by Gasteiger charge is -2.39. The van der Waals surface area contributed by atoms with Crippen molar-refractivity contribution in [2.45, 2.75) is 49.7 Å². The van der Waals surface area contributed by atoms with Crippen LogP contribution in [0.25, 0.3) is 22.3 Å². The highest BCUT2D eigenvalue weighted by molar-refractivity contribution is 5.89. The number of fused-ring (bicyclic) bond motifs is 2. The molecule has 304 valence electrons. The Morgan fingerprint density at radius 2 is 1.20 bits per heavy atom. The third kappa shape index (κ3) is 7.43. The second-order valence-electron chi connectivity index (χ2n) is 14.5. The molecule has 4 N–H and O–H groups in total. The zero-order valence-corrected chi connectivity index (χ0v) is 32.0. The summed E-state index contributed by atoms with van der Waals surface area (Å²) < 4.78 is 44.4. The normalized spacial score (nSPS) is 20.4. The van der Waals surface area contributed by atoms with E-state index in [9.17, 15) is 25.2 Å². The summed E-state index contributed by atoms with van der Waals surface area (Å²) >= 11 is 0. The van der Waals surface area contributed by atoms with Crippen LogP contribution in [0.2, 0.25) is 0 Å². The van der Waals surface area contributed by atoms with Gasteiger partial charge in [0.25, 0.3) is 0 Å². The van der Waals surface area contributed by atoms with Crippen LogP contribution in [0.3, 0.4) is 0 Å². The van der Waals surface area contributed by atoms with Crippen molar-refractivity contribution in [1.29, 1.82) is 0 Å². The molecule has 0 bridgehead atoms. The Bertz CT molecular complexity index is 2600. The van der Waals surface area contributed by atoms with Gasteiger partial charge in [-0.1, -0.05) is 121 Å². The van der Waals surface area contributed by atoms with Crippen molar-refractivity contribution in [3.05, 3.63) is 184 Å². The van der Waals surface area contributed by atoms with Crippen molar-refractivity contribution >= 4 is 11.0 Å². The van der Waals surface area contributed by atoms with Crippen LogP contribution in [-0.4, -0.2) is 57.7 Å². The van der Waals surface area contributed by atoms with Gasteiger partial charge in [-0.05, 0) is 29.3 Å².